The lowest BCUT2D eigenvalue weighted by atomic mass is 10.2. The van der Waals surface area contributed by atoms with E-state index in [9.17, 15) is 9.18 Å². The van der Waals surface area contributed by atoms with Crippen LogP contribution in [0, 0.1) is 5.82 Å². The molecule has 6 nitrogen and oxygen atoms in total. The molecular weight excluding hydrogens is 395 g/mol. The first-order chi connectivity index (χ1) is 14.1. The minimum atomic E-state index is -0.299. The third-order valence-corrected chi connectivity index (χ3v) is 5.44. The molecule has 3 aromatic rings. The quantitative estimate of drug-likeness (QED) is 0.542. The molecular formula is C21H19FN2O4S. The van der Waals surface area contributed by atoms with Crippen molar-refractivity contribution in [2.75, 3.05) is 27.0 Å². The number of carbonyl (C=O) groups excluding carboxylic acids is 1. The molecule has 29 heavy (non-hydrogen) atoms. The van der Waals surface area contributed by atoms with Crippen LogP contribution < -0.4 is 14.2 Å². The molecule has 0 radical (unpaired) electrons. The molecule has 0 aliphatic carbocycles. The van der Waals surface area contributed by atoms with Crippen LogP contribution in [0.5, 0.6) is 17.2 Å². The van der Waals surface area contributed by atoms with Crippen molar-refractivity contribution >= 4 is 17.2 Å². The molecule has 0 spiro atoms. The summed E-state index contributed by atoms with van der Waals surface area (Å²) in [6.07, 6.45) is 2.26. The fourth-order valence-electron chi connectivity index (χ4n) is 2.85. The lowest BCUT2D eigenvalue weighted by Gasteiger charge is -2.16. The number of ether oxygens (including phenoxy) is 3. The number of aromatic nitrogens is 1. The Balaban J connectivity index is 1.30. The van der Waals surface area contributed by atoms with Crippen LogP contribution in [-0.2, 0) is 0 Å². The van der Waals surface area contributed by atoms with E-state index >= 15 is 0 Å². The van der Waals surface area contributed by atoms with Crippen LogP contribution in [0.25, 0.3) is 10.6 Å². The van der Waals surface area contributed by atoms with Gasteiger partial charge in [-0.25, -0.2) is 9.37 Å². The highest BCUT2D eigenvalue weighted by atomic mass is 32.1. The third-order valence-electron chi connectivity index (χ3n) is 4.40. The fraction of sp³-hybridized carbons (Fsp3) is 0.238. The Kier molecular flexibility index (Phi) is 5.62. The van der Waals surface area contributed by atoms with Crippen LogP contribution in [-0.4, -0.2) is 42.8 Å². The highest BCUT2D eigenvalue weighted by Crippen LogP contribution is 2.37. The van der Waals surface area contributed by atoms with Gasteiger partial charge in [0, 0.05) is 19.2 Å². The van der Waals surface area contributed by atoms with E-state index in [2.05, 4.69) is 4.98 Å². The molecule has 0 saturated carbocycles. The number of hydrogen-bond donors (Lipinski definition) is 0. The number of rotatable bonds is 7. The molecule has 1 amide bonds. The average molecular weight is 414 g/mol. The first-order valence-corrected chi connectivity index (χ1v) is 9.91. The van der Waals surface area contributed by atoms with E-state index < -0.39 is 0 Å². The molecule has 0 atom stereocenters. The predicted octanol–water partition coefficient (Wildman–Crippen LogP) is 4.22. The SMILES string of the molecule is CN(CCCOc1ccc(F)cc1)C(=O)c1cnc(-c2ccc3c(c2)OCO3)s1. The van der Waals surface area contributed by atoms with E-state index in [4.69, 9.17) is 14.2 Å². The summed E-state index contributed by atoms with van der Waals surface area (Å²) in [6.45, 7) is 1.20. The highest BCUT2D eigenvalue weighted by molar-refractivity contribution is 7.16. The standard InChI is InChI=1S/C21H19FN2O4S/c1-24(9-2-10-26-16-6-4-15(22)5-7-16)21(25)19-12-23-20(29-19)14-3-8-17-18(11-14)28-13-27-17/h3-8,11-12H,2,9-10,13H2,1H3. The summed E-state index contributed by atoms with van der Waals surface area (Å²) in [5.41, 5.74) is 0.883. The number of fused-ring (bicyclic) bond motifs is 1. The maximum atomic E-state index is 12.9. The molecule has 1 aliphatic rings. The number of amides is 1. The Morgan fingerprint density at radius 1 is 1.21 bits per heavy atom. The van der Waals surface area contributed by atoms with Crippen LogP contribution in [0.3, 0.4) is 0 Å². The number of carbonyl (C=O) groups is 1. The first-order valence-electron chi connectivity index (χ1n) is 9.10. The molecule has 4 rings (SSSR count). The fourth-order valence-corrected chi connectivity index (χ4v) is 3.76. The normalized spacial score (nSPS) is 12.1. The van der Waals surface area contributed by atoms with Gasteiger partial charge in [0.15, 0.2) is 11.5 Å². The molecule has 150 valence electrons. The van der Waals surface area contributed by atoms with E-state index in [1.54, 1.807) is 30.3 Å². The van der Waals surface area contributed by atoms with Gasteiger partial charge in [-0.15, -0.1) is 11.3 Å². The molecule has 8 heteroatoms. The van der Waals surface area contributed by atoms with E-state index in [1.807, 2.05) is 18.2 Å². The Labute approximate surface area is 171 Å². The van der Waals surface area contributed by atoms with Crippen LogP contribution in [0.2, 0.25) is 0 Å². The molecule has 2 heterocycles. The van der Waals surface area contributed by atoms with Gasteiger partial charge in [0.25, 0.3) is 5.91 Å². The molecule has 0 fully saturated rings. The minimum absolute atomic E-state index is 0.0868. The molecule has 0 unspecified atom stereocenters. The second-order valence-electron chi connectivity index (χ2n) is 6.48. The van der Waals surface area contributed by atoms with Crippen molar-refractivity contribution in [3.05, 3.63) is 59.4 Å². The van der Waals surface area contributed by atoms with Crippen LogP contribution in [0.4, 0.5) is 4.39 Å². The summed E-state index contributed by atoms with van der Waals surface area (Å²) >= 11 is 1.34. The molecule has 0 bridgehead atoms. The van der Waals surface area contributed by atoms with Crippen molar-refractivity contribution in [2.24, 2.45) is 0 Å². The van der Waals surface area contributed by atoms with Crippen LogP contribution >= 0.6 is 11.3 Å². The van der Waals surface area contributed by atoms with Crippen molar-refractivity contribution in [3.63, 3.8) is 0 Å². The zero-order chi connectivity index (χ0) is 20.2. The lowest BCUT2D eigenvalue weighted by molar-refractivity contribution is 0.0792. The Bertz CT molecular complexity index is 1010. The molecule has 2 aromatic carbocycles. The predicted molar refractivity (Wildman–Crippen MR) is 107 cm³/mol. The number of hydrogen-bond acceptors (Lipinski definition) is 6. The van der Waals surface area contributed by atoms with Crippen molar-refractivity contribution in [2.45, 2.75) is 6.42 Å². The van der Waals surface area contributed by atoms with Gasteiger partial charge in [0.05, 0.1) is 12.8 Å². The van der Waals surface area contributed by atoms with Crippen molar-refractivity contribution < 1.29 is 23.4 Å². The molecule has 0 saturated heterocycles. The van der Waals surface area contributed by atoms with E-state index in [1.165, 1.54) is 23.5 Å². The van der Waals surface area contributed by atoms with Gasteiger partial charge in [-0.3, -0.25) is 4.79 Å². The minimum Gasteiger partial charge on any atom is -0.494 e. The van der Waals surface area contributed by atoms with Gasteiger partial charge in [-0.05, 0) is 48.9 Å². The highest BCUT2D eigenvalue weighted by Gasteiger charge is 2.18. The topological polar surface area (TPSA) is 60.9 Å². The Hall–Kier alpha value is -3.13. The van der Waals surface area contributed by atoms with Crippen molar-refractivity contribution in [3.8, 4) is 27.8 Å². The maximum Gasteiger partial charge on any atom is 0.265 e. The van der Waals surface area contributed by atoms with E-state index in [0.29, 0.717) is 41.7 Å². The number of benzene rings is 2. The second kappa shape index (κ2) is 8.48. The van der Waals surface area contributed by atoms with Gasteiger partial charge in [-0.1, -0.05) is 0 Å². The monoisotopic (exact) mass is 414 g/mol. The van der Waals surface area contributed by atoms with Gasteiger partial charge in [0.1, 0.15) is 21.5 Å². The first kappa shape index (κ1) is 19.2. The van der Waals surface area contributed by atoms with Crippen LogP contribution in [0.15, 0.2) is 48.7 Å². The van der Waals surface area contributed by atoms with Gasteiger partial charge >= 0.3 is 0 Å². The summed E-state index contributed by atoms with van der Waals surface area (Å²) < 4.78 is 29.2. The zero-order valence-electron chi connectivity index (χ0n) is 15.8. The van der Waals surface area contributed by atoms with Gasteiger partial charge in [0.2, 0.25) is 6.79 Å². The largest absolute Gasteiger partial charge is 0.494 e. The summed E-state index contributed by atoms with van der Waals surface area (Å²) in [6, 6.07) is 11.5. The lowest BCUT2D eigenvalue weighted by Crippen LogP contribution is -2.28. The smallest absolute Gasteiger partial charge is 0.265 e. The van der Waals surface area contributed by atoms with E-state index in [-0.39, 0.29) is 18.5 Å². The molecule has 1 aliphatic heterocycles. The summed E-state index contributed by atoms with van der Waals surface area (Å²) in [5, 5.41) is 0.750. The van der Waals surface area contributed by atoms with Gasteiger partial charge in [-0.2, -0.15) is 0 Å². The second-order valence-corrected chi connectivity index (χ2v) is 7.51. The number of thiazole rings is 1. The van der Waals surface area contributed by atoms with E-state index in [0.717, 1.165) is 10.6 Å². The average Bonchev–Trinajstić information content (AvgIpc) is 3.40. The van der Waals surface area contributed by atoms with Crippen molar-refractivity contribution in [1.82, 2.24) is 9.88 Å². The summed E-state index contributed by atoms with van der Waals surface area (Å²) in [5.74, 6) is 1.62. The van der Waals surface area contributed by atoms with Crippen molar-refractivity contribution in [1.29, 1.82) is 0 Å². The van der Waals surface area contributed by atoms with Gasteiger partial charge < -0.3 is 19.1 Å². The van der Waals surface area contributed by atoms with Crippen LogP contribution in [0.1, 0.15) is 16.1 Å². The Morgan fingerprint density at radius 2 is 2.00 bits per heavy atom. The zero-order valence-corrected chi connectivity index (χ0v) is 16.6. The summed E-state index contributed by atoms with van der Waals surface area (Å²) in [4.78, 5) is 19.2. The molecule has 0 N–H and O–H groups in total. The molecule has 1 aromatic heterocycles. The number of nitrogens with zero attached hydrogens (tertiary/aromatic N) is 2. The Morgan fingerprint density at radius 3 is 2.83 bits per heavy atom. The maximum absolute atomic E-state index is 12.9. The number of halogens is 1. The summed E-state index contributed by atoms with van der Waals surface area (Å²) in [7, 11) is 1.75. The third kappa shape index (κ3) is 4.48.